The molecule has 0 radical (unpaired) electrons. The van der Waals surface area contributed by atoms with Gasteiger partial charge in [-0.1, -0.05) is 13.8 Å². The molecular formula is C15H22N4O2. The zero-order valence-corrected chi connectivity index (χ0v) is 13.0. The molecule has 0 aliphatic carbocycles. The molecule has 0 bridgehead atoms. The molecule has 2 heterocycles. The van der Waals surface area contributed by atoms with Gasteiger partial charge in [0.15, 0.2) is 0 Å². The smallest absolute Gasteiger partial charge is 0.249 e. The van der Waals surface area contributed by atoms with Gasteiger partial charge in [-0.2, -0.15) is 0 Å². The van der Waals surface area contributed by atoms with E-state index in [1.807, 2.05) is 13.8 Å². The summed E-state index contributed by atoms with van der Waals surface area (Å²) in [6.45, 7) is 7.59. The van der Waals surface area contributed by atoms with Crippen LogP contribution in [0.2, 0.25) is 0 Å². The SMILES string of the molecule is CCC1(C)NC(=O)C(C)(CC)N(Cc2ncccn2)C1=O. The number of aromatic nitrogens is 2. The molecule has 1 aromatic rings. The van der Waals surface area contributed by atoms with Crippen molar-refractivity contribution in [1.29, 1.82) is 0 Å². The van der Waals surface area contributed by atoms with E-state index < -0.39 is 11.1 Å². The minimum absolute atomic E-state index is 0.0820. The largest absolute Gasteiger partial charge is 0.340 e. The van der Waals surface area contributed by atoms with E-state index in [4.69, 9.17) is 0 Å². The molecule has 1 aliphatic heterocycles. The van der Waals surface area contributed by atoms with Crippen molar-refractivity contribution in [3.8, 4) is 0 Å². The molecular weight excluding hydrogens is 268 g/mol. The predicted molar refractivity (Wildman–Crippen MR) is 78.1 cm³/mol. The summed E-state index contributed by atoms with van der Waals surface area (Å²) in [6, 6.07) is 1.73. The lowest BCUT2D eigenvalue weighted by Gasteiger charge is -2.49. The van der Waals surface area contributed by atoms with Crippen LogP contribution in [0.3, 0.4) is 0 Å². The van der Waals surface area contributed by atoms with Crippen LogP contribution in [0.5, 0.6) is 0 Å². The first-order valence-corrected chi connectivity index (χ1v) is 7.28. The fourth-order valence-corrected chi connectivity index (χ4v) is 2.47. The monoisotopic (exact) mass is 290 g/mol. The van der Waals surface area contributed by atoms with Crippen LogP contribution in [0.25, 0.3) is 0 Å². The number of nitrogens with one attached hydrogen (secondary N) is 1. The molecule has 1 N–H and O–H groups in total. The minimum Gasteiger partial charge on any atom is -0.340 e. The van der Waals surface area contributed by atoms with Gasteiger partial charge in [0.1, 0.15) is 16.9 Å². The summed E-state index contributed by atoms with van der Waals surface area (Å²) in [7, 11) is 0. The van der Waals surface area contributed by atoms with Gasteiger partial charge in [0.05, 0.1) is 6.54 Å². The molecule has 1 aliphatic rings. The van der Waals surface area contributed by atoms with Gasteiger partial charge >= 0.3 is 0 Å². The summed E-state index contributed by atoms with van der Waals surface area (Å²) in [5.41, 5.74) is -1.73. The Bertz CT molecular complexity index is 548. The van der Waals surface area contributed by atoms with Crippen molar-refractivity contribution >= 4 is 11.8 Å². The van der Waals surface area contributed by atoms with Gasteiger partial charge in [0.2, 0.25) is 11.8 Å². The summed E-state index contributed by atoms with van der Waals surface area (Å²) < 4.78 is 0. The first-order valence-electron chi connectivity index (χ1n) is 7.28. The topological polar surface area (TPSA) is 75.2 Å². The molecule has 0 saturated carbocycles. The van der Waals surface area contributed by atoms with Crippen LogP contribution in [0, 0.1) is 0 Å². The second kappa shape index (κ2) is 5.42. The number of hydrogen-bond donors (Lipinski definition) is 1. The number of piperazine rings is 1. The highest BCUT2D eigenvalue weighted by Gasteiger charge is 2.53. The molecule has 21 heavy (non-hydrogen) atoms. The third kappa shape index (κ3) is 2.50. The molecule has 1 fully saturated rings. The molecule has 114 valence electrons. The fourth-order valence-electron chi connectivity index (χ4n) is 2.47. The summed E-state index contributed by atoms with van der Waals surface area (Å²) >= 11 is 0. The molecule has 6 nitrogen and oxygen atoms in total. The Morgan fingerprint density at radius 2 is 1.76 bits per heavy atom. The normalized spacial score (nSPS) is 29.4. The molecule has 0 spiro atoms. The summed E-state index contributed by atoms with van der Waals surface area (Å²) in [4.78, 5) is 35.3. The Morgan fingerprint density at radius 1 is 1.14 bits per heavy atom. The lowest BCUT2D eigenvalue weighted by atomic mass is 9.84. The average Bonchev–Trinajstić information content (AvgIpc) is 2.50. The molecule has 0 aromatic carbocycles. The maximum atomic E-state index is 12.9. The number of nitrogens with zero attached hydrogens (tertiary/aromatic N) is 3. The van der Waals surface area contributed by atoms with E-state index in [0.717, 1.165) is 0 Å². The second-order valence-corrected chi connectivity index (χ2v) is 5.82. The standard InChI is InChI=1S/C15H22N4O2/c1-5-14(3)13(21)19(10-11-16-8-7-9-17-11)15(4,6-2)12(20)18-14/h7-9H,5-6,10H2,1-4H3,(H,18,20). The molecule has 2 atom stereocenters. The Kier molecular flexibility index (Phi) is 3.98. The highest BCUT2D eigenvalue weighted by molar-refractivity contribution is 6.01. The molecule has 2 rings (SSSR count). The second-order valence-electron chi connectivity index (χ2n) is 5.82. The third-order valence-corrected chi connectivity index (χ3v) is 4.51. The van der Waals surface area contributed by atoms with Crippen LogP contribution in [0.15, 0.2) is 18.5 Å². The van der Waals surface area contributed by atoms with Gasteiger partial charge in [-0.25, -0.2) is 9.97 Å². The maximum absolute atomic E-state index is 12.9. The lowest BCUT2D eigenvalue weighted by Crippen LogP contribution is -2.73. The van der Waals surface area contributed by atoms with E-state index in [-0.39, 0.29) is 18.4 Å². The van der Waals surface area contributed by atoms with Crippen molar-refractivity contribution < 1.29 is 9.59 Å². The van der Waals surface area contributed by atoms with Gasteiger partial charge in [-0.05, 0) is 32.8 Å². The number of hydrogen-bond acceptors (Lipinski definition) is 4. The predicted octanol–water partition coefficient (Wildman–Crippen LogP) is 1.27. The van der Waals surface area contributed by atoms with Crippen molar-refractivity contribution in [1.82, 2.24) is 20.2 Å². The Labute approximate surface area is 125 Å². The molecule has 6 heteroatoms. The summed E-state index contributed by atoms with van der Waals surface area (Å²) in [6.07, 6.45) is 4.36. The van der Waals surface area contributed by atoms with Crippen molar-refractivity contribution in [2.45, 2.75) is 58.2 Å². The van der Waals surface area contributed by atoms with Crippen molar-refractivity contribution in [2.24, 2.45) is 0 Å². The number of amides is 2. The van der Waals surface area contributed by atoms with E-state index in [1.54, 1.807) is 37.2 Å². The van der Waals surface area contributed by atoms with Crippen LogP contribution >= 0.6 is 0 Å². The zero-order valence-electron chi connectivity index (χ0n) is 13.0. The highest BCUT2D eigenvalue weighted by atomic mass is 16.2. The maximum Gasteiger partial charge on any atom is 0.249 e. The first kappa shape index (κ1) is 15.4. The fraction of sp³-hybridized carbons (Fsp3) is 0.600. The summed E-state index contributed by atoms with van der Waals surface area (Å²) in [5.74, 6) is 0.338. The van der Waals surface area contributed by atoms with Crippen molar-refractivity contribution in [3.63, 3.8) is 0 Å². The van der Waals surface area contributed by atoms with Crippen LogP contribution in [-0.4, -0.2) is 37.8 Å². The minimum atomic E-state index is -0.870. The van der Waals surface area contributed by atoms with Gasteiger partial charge in [0, 0.05) is 12.4 Å². The Hall–Kier alpha value is -1.98. The summed E-state index contributed by atoms with van der Waals surface area (Å²) in [5, 5.41) is 2.88. The zero-order chi connectivity index (χ0) is 15.7. The molecule has 1 saturated heterocycles. The van der Waals surface area contributed by atoms with Crippen LogP contribution in [0.1, 0.15) is 46.4 Å². The number of carbonyl (C=O) groups is 2. The van der Waals surface area contributed by atoms with Gasteiger partial charge in [-0.3, -0.25) is 9.59 Å². The molecule has 2 amide bonds. The van der Waals surface area contributed by atoms with Gasteiger partial charge < -0.3 is 10.2 Å². The van der Waals surface area contributed by atoms with E-state index >= 15 is 0 Å². The molecule has 1 aromatic heterocycles. The van der Waals surface area contributed by atoms with E-state index in [0.29, 0.717) is 18.7 Å². The van der Waals surface area contributed by atoms with Crippen LogP contribution in [-0.2, 0) is 16.1 Å². The Morgan fingerprint density at radius 3 is 2.29 bits per heavy atom. The van der Waals surface area contributed by atoms with Gasteiger partial charge in [-0.15, -0.1) is 0 Å². The number of carbonyl (C=O) groups excluding carboxylic acids is 2. The van der Waals surface area contributed by atoms with E-state index in [1.165, 1.54) is 0 Å². The van der Waals surface area contributed by atoms with Gasteiger partial charge in [0.25, 0.3) is 0 Å². The van der Waals surface area contributed by atoms with Crippen LogP contribution in [0.4, 0.5) is 0 Å². The van der Waals surface area contributed by atoms with E-state index in [2.05, 4.69) is 15.3 Å². The third-order valence-electron chi connectivity index (χ3n) is 4.51. The van der Waals surface area contributed by atoms with Crippen molar-refractivity contribution in [2.75, 3.05) is 0 Å². The van der Waals surface area contributed by atoms with E-state index in [9.17, 15) is 9.59 Å². The molecule has 2 unspecified atom stereocenters. The lowest BCUT2D eigenvalue weighted by molar-refractivity contribution is -0.163. The first-order chi connectivity index (χ1) is 9.87. The highest BCUT2D eigenvalue weighted by Crippen LogP contribution is 2.31. The Balaban J connectivity index is 2.40. The average molecular weight is 290 g/mol. The quantitative estimate of drug-likeness (QED) is 0.906. The van der Waals surface area contributed by atoms with Crippen LogP contribution < -0.4 is 5.32 Å². The number of rotatable bonds is 4. The van der Waals surface area contributed by atoms with Crippen molar-refractivity contribution in [3.05, 3.63) is 24.3 Å².